The number of aliphatic carboxylic acids is 1. The summed E-state index contributed by atoms with van der Waals surface area (Å²) < 4.78 is 5.64. The first-order valence-electron chi connectivity index (χ1n) is 7.71. The molecule has 0 bridgehead atoms. The van der Waals surface area contributed by atoms with E-state index in [0.717, 1.165) is 21.9 Å². The van der Waals surface area contributed by atoms with Gasteiger partial charge in [0.1, 0.15) is 5.75 Å². The number of fused-ring (bicyclic) bond motifs is 1. The topological polar surface area (TPSA) is 83.2 Å². The molecule has 0 aliphatic rings. The number of hydrogen-bond acceptors (Lipinski definition) is 4. The van der Waals surface area contributed by atoms with Gasteiger partial charge in [-0.1, -0.05) is 12.1 Å². The Bertz CT molecular complexity index is 986. The summed E-state index contributed by atoms with van der Waals surface area (Å²) in [4.78, 5) is 15.5. The molecule has 124 valence electrons. The van der Waals surface area contributed by atoms with Gasteiger partial charge in [-0.2, -0.15) is 5.26 Å². The quantitative estimate of drug-likeness (QED) is 0.780. The van der Waals surface area contributed by atoms with Crippen LogP contribution >= 0.6 is 0 Å². The predicted octanol–water partition coefficient (Wildman–Crippen LogP) is 4.02. The Morgan fingerprint density at radius 3 is 2.52 bits per heavy atom. The van der Waals surface area contributed by atoms with E-state index >= 15 is 0 Å². The second-order valence-corrected chi connectivity index (χ2v) is 6.18. The van der Waals surface area contributed by atoms with Crippen LogP contribution in [0.15, 0.2) is 54.9 Å². The number of nitrogens with zero attached hydrogens (tertiary/aromatic N) is 2. The van der Waals surface area contributed by atoms with Crippen molar-refractivity contribution in [3.8, 4) is 22.9 Å². The van der Waals surface area contributed by atoms with Gasteiger partial charge in [0.15, 0.2) is 5.60 Å². The van der Waals surface area contributed by atoms with Crippen molar-refractivity contribution >= 4 is 16.7 Å². The van der Waals surface area contributed by atoms with Crippen LogP contribution in [0.25, 0.3) is 21.9 Å². The van der Waals surface area contributed by atoms with Crippen LogP contribution in [0.4, 0.5) is 0 Å². The van der Waals surface area contributed by atoms with E-state index in [1.165, 1.54) is 13.8 Å². The van der Waals surface area contributed by atoms with Crippen molar-refractivity contribution in [2.45, 2.75) is 19.4 Å². The normalized spacial score (nSPS) is 11.1. The maximum absolute atomic E-state index is 11.3. The molecule has 0 spiro atoms. The largest absolute Gasteiger partial charge is 0.478 e. The van der Waals surface area contributed by atoms with Gasteiger partial charge in [0.05, 0.1) is 11.6 Å². The molecule has 0 fully saturated rings. The molecule has 0 amide bonds. The molecule has 3 aromatic rings. The zero-order chi connectivity index (χ0) is 18.0. The Labute approximate surface area is 145 Å². The third kappa shape index (κ3) is 3.29. The van der Waals surface area contributed by atoms with E-state index in [2.05, 4.69) is 11.1 Å². The van der Waals surface area contributed by atoms with Gasteiger partial charge < -0.3 is 9.84 Å². The summed E-state index contributed by atoms with van der Waals surface area (Å²) in [6.07, 6.45) is 3.49. The summed E-state index contributed by atoms with van der Waals surface area (Å²) in [7, 11) is 0. The van der Waals surface area contributed by atoms with Crippen LogP contribution in [0.2, 0.25) is 0 Å². The number of aromatic nitrogens is 1. The highest BCUT2D eigenvalue weighted by Gasteiger charge is 2.29. The Morgan fingerprint density at radius 2 is 1.88 bits per heavy atom. The molecule has 5 heteroatoms. The number of rotatable bonds is 4. The molecule has 0 saturated heterocycles. The summed E-state index contributed by atoms with van der Waals surface area (Å²) in [6, 6.07) is 14.7. The van der Waals surface area contributed by atoms with E-state index < -0.39 is 11.6 Å². The van der Waals surface area contributed by atoms with Gasteiger partial charge in [0.25, 0.3) is 0 Å². The fourth-order valence-corrected chi connectivity index (χ4v) is 2.50. The van der Waals surface area contributed by atoms with Crippen LogP contribution in [0.1, 0.15) is 19.4 Å². The zero-order valence-electron chi connectivity index (χ0n) is 13.9. The number of nitriles is 1. The zero-order valence-corrected chi connectivity index (χ0v) is 13.9. The van der Waals surface area contributed by atoms with Gasteiger partial charge in [-0.05, 0) is 55.1 Å². The number of carbonyl (C=O) groups is 1. The summed E-state index contributed by atoms with van der Waals surface area (Å²) in [5.74, 6) is -0.560. The lowest BCUT2D eigenvalue weighted by molar-refractivity contribution is -0.152. The monoisotopic (exact) mass is 332 g/mol. The molecule has 0 aliphatic carbocycles. The minimum Gasteiger partial charge on any atom is -0.478 e. The summed E-state index contributed by atoms with van der Waals surface area (Å²) in [5.41, 5.74) is 1.08. The number of pyridine rings is 1. The molecule has 1 heterocycles. The van der Waals surface area contributed by atoms with Crippen molar-refractivity contribution in [3.05, 3.63) is 60.4 Å². The summed E-state index contributed by atoms with van der Waals surface area (Å²) >= 11 is 0. The molecule has 0 saturated carbocycles. The van der Waals surface area contributed by atoms with Crippen LogP contribution in [-0.2, 0) is 4.79 Å². The van der Waals surface area contributed by atoms with E-state index in [1.807, 2.05) is 24.3 Å². The van der Waals surface area contributed by atoms with Gasteiger partial charge in [-0.25, -0.2) is 4.79 Å². The smallest absolute Gasteiger partial charge is 0.347 e. The Kier molecular flexibility index (Phi) is 4.12. The van der Waals surface area contributed by atoms with Gasteiger partial charge in [0.2, 0.25) is 0 Å². The minimum absolute atomic E-state index is 0.473. The Hall–Kier alpha value is -3.39. The molecule has 3 rings (SSSR count). The lowest BCUT2D eigenvalue weighted by Gasteiger charge is -2.22. The van der Waals surface area contributed by atoms with E-state index in [9.17, 15) is 9.90 Å². The highest BCUT2D eigenvalue weighted by Crippen LogP contribution is 2.31. The third-order valence-corrected chi connectivity index (χ3v) is 3.95. The molecule has 0 atom stereocenters. The Morgan fingerprint density at radius 1 is 1.16 bits per heavy atom. The lowest BCUT2D eigenvalue weighted by atomic mass is 10.00. The number of carboxylic acids is 1. The second-order valence-electron chi connectivity index (χ2n) is 6.18. The van der Waals surface area contributed by atoms with Gasteiger partial charge in [-0.15, -0.1) is 0 Å². The van der Waals surface area contributed by atoms with Crippen molar-refractivity contribution in [1.82, 2.24) is 4.98 Å². The predicted molar refractivity (Wildman–Crippen MR) is 94.2 cm³/mol. The highest BCUT2D eigenvalue weighted by atomic mass is 16.5. The first-order valence-corrected chi connectivity index (χ1v) is 7.71. The molecule has 25 heavy (non-hydrogen) atoms. The Balaban J connectivity index is 2.09. The van der Waals surface area contributed by atoms with Gasteiger partial charge >= 0.3 is 5.97 Å². The highest BCUT2D eigenvalue weighted by molar-refractivity contribution is 5.96. The van der Waals surface area contributed by atoms with E-state index in [1.54, 1.807) is 30.6 Å². The maximum atomic E-state index is 11.3. The van der Waals surface area contributed by atoms with Crippen molar-refractivity contribution in [2.24, 2.45) is 0 Å². The average Bonchev–Trinajstić information content (AvgIpc) is 2.61. The molecular weight excluding hydrogens is 316 g/mol. The fourth-order valence-electron chi connectivity index (χ4n) is 2.50. The second kappa shape index (κ2) is 6.25. The number of hydrogen-bond donors (Lipinski definition) is 1. The molecular formula is C20H16N2O3. The third-order valence-electron chi connectivity index (χ3n) is 3.95. The maximum Gasteiger partial charge on any atom is 0.347 e. The number of benzene rings is 2. The van der Waals surface area contributed by atoms with Crippen LogP contribution in [0, 0.1) is 11.3 Å². The van der Waals surface area contributed by atoms with E-state index in [-0.39, 0.29) is 0 Å². The van der Waals surface area contributed by atoms with E-state index in [0.29, 0.717) is 11.3 Å². The first-order chi connectivity index (χ1) is 11.9. The average molecular weight is 332 g/mol. The summed E-state index contributed by atoms with van der Waals surface area (Å²) in [6.45, 7) is 3.02. The number of ether oxygens (including phenoxy) is 1. The van der Waals surface area contributed by atoms with Crippen LogP contribution < -0.4 is 4.74 Å². The van der Waals surface area contributed by atoms with Crippen LogP contribution in [0.3, 0.4) is 0 Å². The fraction of sp³-hybridized carbons (Fsp3) is 0.150. The standard InChI is InChI=1S/C20H16N2O3/c1-20(2,19(23)24)25-16-8-7-15-11-22-12-18(17(15)9-16)14-5-3-13(10-21)4-6-14/h3-9,11-12H,1-2H3,(H,23,24). The lowest BCUT2D eigenvalue weighted by Crippen LogP contribution is -2.37. The molecule has 2 aromatic carbocycles. The molecule has 0 unspecified atom stereocenters. The van der Waals surface area contributed by atoms with E-state index in [4.69, 9.17) is 10.00 Å². The van der Waals surface area contributed by atoms with Crippen LogP contribution in [0.5, 0.6) is 5.75 Å². The van der Waals surface area contributed by atoms with Crippen molar-refractivity contribution in [2.75, 3.05) is 0 Å². The molecule has 1 aromatic heterocycles. The van der Waals surface area contributed by atoms with Crippen molar-refractivity contribution < 1.29 is 14.6 Å². The molecule has 5 nitrogen and oxygen atoms in total. The SMILES string of the molecule is CC(C)(Oc1ccc2cncc(-c3ccc(C#N)cc3)c2c1)C(=O)O. The van der Waals surface area contributed by atoms with Gasteiger partial charge in [-0.3, -0.25) is 4.98 Å². The molecule has 1 N–H and O–H groups in total. The summed E-state index contributed by atoms with van der Waals surface area (Å²) in [5, 5.41) is 20.0. The molecule has 0 radical (unpaired) electrons. The first kappa shape index (κ1) is 16.5. The van der Waals surface area contributed by atoms with Crippen LogP contribution in [-0.4, -0.2) is 21.7 Å². The minimum atomic E-state index is -1.32. The van der Waals surface area contributed by atoms with Crippen molar-refractivity contribution in [1.29, 1.82) is 5.26 Å². The van der Waals surface area contributed by atoms with Gasteiger partial charge in [0, 0.05) is 23.3 Å². The molecule has 0 aliphatic heterocycles. The number of carboxylic acid groups (broad SMARTS) is 1. The van der Waals surface area contributed by atoms with Crippen molar-refractivity contribution in [3.63, 3.8) is 0 Å².